The van der Waals surface area contributed by atoms with Crippen LogP contribution in [0.5, 0.6) is 5.75 Å². The second kappa shape index (κ2) is 5.55. The van der Waals surface area contributed by atoms with Crippen LogP contribution in [-0.4, -0.2) is 42.6 Å². The van der Waals surface area contributed by atoms with Crippen molar-refractivity contribution in [3.05, 3.63) is 0 Å². The molecule has 5 nitrogen and oxygen atoms in total. The van der Waals surface area contributed by atoms with E-state index in [4.69, 9.17) is 10.5 Å². The summed E-state index contributed by atoms with van der Waals surface area (Å²) in [5, 5.41) is 4.36. The Morgan fingerprint density at radius 1 is 1.65 bits per heavy atom. The lowest BCUT2D eigenvalue weighted by atomic mass is 10.1. The summed E-state index contributed by atoms with van der Waals surface area (Å²) in [4.78, 5) is 2.36. The molecule has 0 spiro atoms. The molecule has 1 atom stereocenters. The fourth-order valence-electron chi connectivity index (χ4n) is 2.12. The number of anilines is 2. The molecule has 1 saturated heterocycles. The summed E-state index contributed by atoms with van der Waals surface area (Å²) < 4.78 is 9.61. The molecule has 2 rings (SSSR count). The molecule has 0 saturated carbocycles. The summed E-state index contributed by atoms with van der Waals surface area (Å²) in [6.07, 6.45) is 1.25. The van der Waals surface area contributed by atoms with E-state index in [2.05, 4.69) is 21.6 Å². The van der Waals surface area contributed by atoms with Crippen molar-refractivity contribution in [2.45, 2.75) is 13.3 Å². The maximum atomic E-state index is 5.76. The summed E-state index contributed by atoms with van der Waals surface area (Å²) in [5.41, 5.74) is 5.76. The van der Waals surface area contributed by atoms with Crippen molar-refractivity contribution in [2.75, 3.05) is 44.3 Å². The van der Waals surface area contributed by atoms with Gasteiger partial charge in [0.1, 0.15) is 0 Å². The van der Waals surface area contributed by atoms with Crippen LogP contribution in [0.15, 0.2) is 0 Å². The molecule has 0 amide bonds. The summed E-state index contributed by atoms with van der Waals surface area (Å²) in [5.74, 6) is 1.91. The number of hydrogen-bond donors (Lipinski definition) is 2. The molecule has 1 aromatic rings. The molecule has 1 fully saturated rings. The zero-order chi connectivity index (χ0) is 12.3. The Hall–Kier alpha value is -1.01. The summed E-state index contributed by atoms with van der Waals surface area (Å²) >= 11 is 1.38. The van der Waals surface area contributed by atoms with Crippen LogP contribution < -0.4 is 15.8 Å². The van der Waals surface area contributed by atoms with Gasteiger partial charge >= 0.3 is 0 Å². The van der Waals surface area contributed by atoms with Crippen LogP contribution in [0.25, 0.3) is 0 Å². The van der Waals surface area contributed by atoms with Crippen molar-refractivity contribution >= 4 is 22.4 Å². The number of hydrogen-bond acceptors (Lipinski definition) is 6. The molecule has 0 radical (unpaired) electrons. The molecule has 2 heterocycles. The van der Waals surface area contributed by atoms with Gasteiger partial charge in [0, 0.05) is 13.1 Å². The first-order chi connectivity index (χ1) is 8.20. The second-order valence-electron chi connectivity index (χ2n) is 4.46. The van der Waals surface area contributed by atoms with Gasteiger partial charge in [-0.05, 0) is 44.4 Å². The molecule has 17 heavy (non-hydrogen) atoms. The number of rotatable bonds is 5. The fourth-order valence-corrected chi connectivity index (χ4v) is 2.79. The molecule has 1 unspecified atom stereocenters. The zero-order valence-electron chi connectivity index (χ0n) is 10.4. The molecule has 0 bridgehead atoms. The summed E-state index contributed by atoms with van der Waals surface area (Å²) in [6.45, 7) is 5.88. The van der Waals surface area contributed by atoms with Crippen LogP contribution >= 0.6 is 11.5 Å². The number of aromatic nitrogens is 1. The van der Waals surface area contributed by atoms with Crippen molar-refractivity contribution < 1.29 is 4.74 Å². The van der Waals surface area contributed by atoms with Gasteiger partial charge in [0.05, 0.1) is 6.61 Å². The first-order valence-electron chi connectivity index (χ1n) is 6.01. The van der Waals surface area contributed by atoms with Crippen molar-refractivity contribution in [1.82, 2.24) is 9.27 Å². The maximum absolute atomic E-state index is 5.76. The second-order valence-corrected chi connectivity index (χ2v) is 5.23. The van der Waals surface area contributed by atoms with Gasteiger partial charge in [-0.15, -0.1) is 0 Å². The van der Waals surface area contributed by atoms with Gasteiger partial charge in [0.15, 0.2) is 16.6 Å². The van der Waals surface area contributed by atoms with E-state index in [1.165, 1.54) is 24.5 Å². The van der Waals surface area contributed by atoms with Gasteiger partial charge in [0.2, 0.25) is 0 Å². The third kappa shape index (κ3) is 3.01. The number of nitrogens with one attached hydrogen (secondary N) is 1. The van der Waals surface area contributed by atoms with E-state index < -0.39 is 0 Å². The first-order valence-corrected chi connectivity index (χ1v) is 6.78. The highest BCUT2D eigenvalue weighted by Crippen LogP contribution is 2.35. The van der Waals surface area contributed by atoms with E-state index >= 15 is 0 Å². The molecule has 1 aromatic heterocycles. The van der Waals surface area contributed by atoms with E-state index in [0.717, 1.165) is 18.1 Å². The number of nitrogen functional groups attached to an aromatic ring is 1. The molecule has 96 valence electrons. The molecule has 6 heteroatoms. The third-order valence-electron chi connectivity index (χ3n) is 3.00. The lowest BCUT2D eigenvalue weighted by molar-refractivity contribution is 0.344. The zero-order valence-corrected chi connectivity index (χ0v) is 11.2. The Bertz CT molecular complexity index is 368. The minimum absolute atomic E-state index is 0.489. The predicted molar refractivity (Wildman–Crippen MR) is 71.8 cm³/mol. The smallest absolute Gasteiger partial charge is 0.197 e. The highest BCUT2D eigenvalue weighted by molar-refractivity contribution is 7.11. The largest absolute Gasteiger partial charge is 0.487 e. The first kappa shape index (κ1) is 12.4. The fraction of sp³-hybridized carbons (Fsp3) is 0.727. The van der Waals surface area contributed by atoms with Gasteiger partial charge in [-0.3, -0.25) is 0 Å². The topological polar surface area (TPSA) is 63.4 Å². The van der Waals surface area contributed by atoms with Crippen LogP contribution in [0.2, 0.25) is 0 Å². The highest BCUT2D eigenvalue weighted by Gasteiger charge is 2.20. The van der Waals surface area contributed by atoms with Gasteiger partial charge in [-0.25, -0.2) is 0 Å². The number of ether oxygens (including phenoxy) is 1. The molecular formula is C11H20N4OS. The average Bonchev–Trinajstić information content (AvgIpc) is 2.86. The minimum atomic E-state index is 0.489. The van der Waals surface area contributed by atoms with Crippen molar-refractivity contribution in [3.8, 4) is 5.75 Å². The van der Waals surface area contributed by atoms with Crippen LogP contribution in [0.1, 0.15) is 13.3 Å². The minimum Gasteiger partial charge on any atom is -0.487 e. The molecule has 0 aromatic carbocycles. The van der Waals surface area contributed by atoms with Crippen LogP contribution in [-0.2, 0) is 0 Å². The van der Waals surface area contributed by atoms with Crippen LogP contribution in [0, 0.1) is 5.92 Å². The van der Waals surface area contributed by atoms with E-state index in [9.17, 15) is 0 Å². The lowest BCUT2D eigenvalue weighted by Crippen LogP contribution is -2.19. The van der Waals surface area contributed by atoms with E-state index in [-0.39, 0.29) is 0 Å². The van der Waals surface area contributed by atoms with E-state index in [1.807, 2.05) is 6.92 Å². The standard InChI is InChI=1S/C11H20N4OS/c1-3-16-9-10(12)14-17-11(9)13-6-8-4-5-15(2)7-8/h8,13H,3-7H2,1-2H3,(H2,12,14). The van der Waals surface area contributed by atoms with Crippen LogP contribution in [0.3, 0.4) is 0 Å². The van der Waals surface area contributed by atoms with Gasteiger partial charge in [-0.1, -0.05) is 0 Å². The van der Waals surface area contributed by atoms with Gasteiger partial charge in [-0.2, -0.15) is 4.37 Å². The Morgan fingerprint density at radius 3 is 3.12 bits per heavy atom. The SMILES string of the molecule is CCOc1c(N)nsc1NCC1CCN(C)C1. The van der Waals surface area contributed by atoms with Crippen molar-refractivity contribution in [2.24, 2.45) is 5.92 Å². The van der Waals surface area contributed by atoms with Gasteiger partial charge in [0.25, 0.3) is 0 Å². The average molecular weight is 256 g/mol. The summed E-state index contributed by atoms with van der Waals surface area (Å²) in [6, 6.07) is 0. The number of nitrogens with zero attached hydrogens (tertiary/aromatic N) is 2. The predicted octanol–water partition coefficient (Wildman–Crippen LogP) is 1.49. The highest BCUT2D eigenvalue weighted by atomic mass is 32.1. The molecular weight excluding hydrogens is 236 g/mol. The van der Waals surface area contributed by atoms with Gasteiger partial charge < -0.3 is 20.7 Å². The quantitative estimate of drug-likeness (QED) is 0.835. The molecule has 0 aliphatic carbocycles. The van der Waals surface area contributed by atoms with E-state index in [0.29, 0.717) is 24.1 Å². The number of likely N-dealkylation sites (tertiary alicyclic amines) is 1. The maximum Gasteiger partial charge on any atom is 0.197 e. The molecule has 1 aliphatic heterocycles. The molecule has 1 aliphatic rings. The Labute approximate surface area is 106 Å². The normalized spacial score (nSPS) is 20.7. The number of nitrogens with two attached hydrogens (primary N) is 1. The lowest BCUT2D eigenvalue weighted by Gasteiger charge is -2.12. The Balaban J connectivity index is 1.90. The van der Waals surface area contributed by atoms with Crippen LogP contribution in [0.4, 0.5) is 10.8 Å². The van der Waals surface area contributed by atoms with Crippen molar-refractivity contribution in [3.63, 3.8) is 0 Å². The summed E-state index contributed by atoms with van der Waals surface area (Å²) in [7, 11) is 2.16. The molecule has 3 N–H and O–H groups in total. The Morgan fingerprint density at radius 2 is 2.47 bits per heavy atom. The third-order valence-corrected chi connectivity index (χ3v) is 3.80. The van der Waals surface area contributed by atoms with Crippen molar-refractivity contribution in [1.29, 1.82) is 0 Å². The Kier molecular flexibility index (Phi) is 4.06. The monoisotopic (exact) mass is 256 g/mol. The van der Waals surface area contributed by atoms with E-state index in [1.54, 1.807) is 0 Å².